The average Bonchev–Trinajstić information content (AvgIpc) is 2.17. The van der Waals surface area contributed by atoms with Gasteiger partial charge in [-0.3, -0.25) is 4.79 Å². The SMILES string of the molecule is CO[C@H]1CC[C@](C)(C(=O)O)C[C@@H]1O[N+](=O)[O-]. The van der Waals surface area contributed by atoms with Gasteiger partial charge in [0.1, 0.15) is 6.10 Å². The molecule has 1 aliphatic rings. The third-order valence-electron chi connectivity index (χ3n) is 3.09. The lowest BCUT2D eigenvalue weighted by Gasteiger charge is -2.37. The van der Waals surface area contributed by atoms with Crippen molar-refractivity contribution >= 4 is 5.97 Å². The second-order valence-electron chi connectivity index (χ2n) is 4.25. The first-order valence-corrected chi connectivity index (χ1v) is 4.96. The Kier molecular flexibility index (Phi) is 3.69. The van der Waals surface area contributed by atoms with Gasteiger partial charge in [0.15, 0.2) is 0 Å². The van der Waals surface area contributed by atoms with Crippen molar-refractivity contribution in [1.82, 2.24) is 0 Å². The van der Waals surface area contributed by atoms with Crippen LogP contribution in [0.3, 0.4) is 0 Å². The maximum atomic E-state index is 11.0. The summed E-state index contributed by atoms with van der Waals surface area (Å²) in [5.74, 6) is -0.959. The zero-order valence-corrected chi connectivity index (χ0v) is 9.21. The molecule has 0 aliphatic heterocycles. The molecule has 0 unspecified atom stereocenters. The van der Waals surface area contributed by atoms with Crippen molar-refractivity contribution in [3.05, 3.63) is 10.1 Å². The third-order valence-corrected chi connectivity index (χ3v) is 3.09. The Labute approximate surface area is 92.4 Å². The minimum Gasteiger partial charge on any atom is -0.481 e. The molecular formula is C9H15NO6. The van der Waals surface area contributed by atoms with Crippen LogP contribution >= 0.6 is 0 Å². The highest BCUT2D eigenvalue weighted by Crippen LogP contribution is 2.38. The molecule has 0 bridgehead atoms. The molecule has 0 aromatic heterocycles. The molecule has 0 spiro atoms. The Hall–Kier alpha value is -1.37. The van der Waals surface area contributed by atoms with E-state index in [1.807, 2.05) is 0 Å². The molecule has 1 aliphatic carbocycles. The quantitative estimate of drug-likeness (QED) is 0.571. The second-order valence-corrected chi connectivity index (χ2v) is 4.25. The lowest BCUT2D eigenvalue weighted by molar-refractivity contribution is -0.771. The van der Waals surface area contributed by atoms with Crippen molar-refractivity contribution in [3.8, 4) is 0 Å². The van der Waals surface area contributed by atoms with E-state index >= 15 is 0 Å². The number of carbonyl (C=O) groups is 1. The zero-order valence-electron chi connectivity index (χ0n) is 9.21. The summed E-state index contributed by atoms with van der Waals surface area (Å²) in [6.07, 6.45) is -0.273. The first-order chi connectivity index (χ1) is 7.39. The fraction of sp³-hybridized carbons (Fsp3) is 0.889. The minimum atomic E-state index is -0.976. The van der Waals surface area contributed by atoms with Crippen LogP contribution in [0.2, 0.25) is 0 Å². The van der Waals surface area contributed by atoms with Crippen LogP contribution in [-0.4, -0.2) is 35.5 Å². The number of hydrogen-bond acceptors (Lipinski definition) is 5. The summed E-state index contributed by atoms with van der Waals surface area (Å²) in [7, 11) is 1.43. The molecule has 0 heterocycles. The number of carboxylic acids is 1. The summed E-state index contributed by atoms with van der Waals surface area (Å²) in [4.78, 5) is 25.8. The van der Waals surface area contributed by atoms with E-state index in [2.05, 4.69) is 4.84 Å². The molecule has 0 aromatic rings. The normalized spacial score (nSPS) is 34.4. The lowest BCUT2D eigenvalue weighted by atomic mass is 9.73. The summed E-state index contributed by atoms with van der Waals surface area (Å²) in [6, 6.07) is 0. The second kappa shape index (κ2) is 4.65. The van der Waals surface area contributed by atoms with Gasteiger partial charge in [0.05, 0.1) is 11.5 Å². The molecule has 7 nitrogen and oxygen atoms in total. The van der Waals surface area contributed by atoms with Crippen molar-refractivity contribution in [2.45, 2.75) is 38.4 Å². The summed E-state index contributed by atoms with van der Waals surface area (Å²) in [6.45, 7) is 1.57. The highest BCUT2D eigenvalue weighted by molar-refractivity contribution is 5.74. The van der Waals surface area contributed by atoms with Gasteiger partial charge in [-0.15, -0.1) is 10.1 Å². The number of rotatable bonds is 4. The molecule has 16 heavy (non-hydrogen) atoms. The summed E-state index contributed by atoms with van der Waals surface area (Å²) in [5.41, 5.74) is -0.976. The molecule has 0 radical (unpaired) electrons. The Balaban J connectivity index is 2.76. The van der Waals surface area contributed by atoms with Gasteiger partial charge in [0.25, 0.3) is 5.09 Å². The average molecular weight is 233 g/mol. The van der Waals surface area contributed by atoms with Crippen LogP contribution in [-0.2, 0) is 14.4 Å². The summed E-state index contributed by atoms with van der Waals surface area (Å²) >= 11 is 0. The van der Waals surface area contributed by atoms with E-state index in [0.29, 0.717) is 12.8 Å². The molecule has 1 N–H and O–H groups in total. The van der Waals surface area contributed by atoms with Gasteiger partial charge in [0.2, 0.25) is 0 Å². The van der Waals surface area contributed by atoms with Gasteiger partial charge < -0.3 is 14.7 Å². The van der Waals surface area contributed by atoms with E-state index in [4.69, 9.17) is 9.84 Å². The van der Waals surface area contributed by atoms with Crippen LogP contribution in [0.25, 0.3) is 0 Å². The van der Waals surface area contributed by atoms with E-state index in [-0.39, 0.29) is 6.42 Å². The van der Waals surface area contributed by atoms with Crippen LogP contribution in [0, 0.1) is 15.5 Å². The van der Waals surface area contributed by atoms with Gasteiger partial charge in [-0.05, 0) is 26.2 Å². The molecular weight excluding hydrogens is 218 g/mol. The zero-order chi connectivity index (χ0) is 12.3. The molecule has 0 amide bonds. The number of carboxylic acid groups (broad SMARTS) is 1. The van der Waals surface area contributed by atoms with Crippen LogP contribution in [0.4, 0.5) is 0 Å². The fourth-order valence-corrected chi connectivity index (χ4v) is 2.00. The minimum absolute atomic E-state index is 0.0851. The van der Waals surface area contributed by atoms with Crippen molar-refractivity contribution in [2.75, 3.05) is 7.11 Å². The molecule has 1 saturated carbocycles. The topological polar surface area (TPSA) is 98.9 Å². The first-order valence-electron chi connectivity index (χ1n) is 4.96. The lowest BCUT2D eigenvalue weighted by Crippen LogP contribution is -2.45. The molecule has 0 aromatic carbocycles. The number of aliphatic carboxylic acids is 1. The predicted molar refractivity (Wildman–Crippen MR) is 52.3 cm³/mol. The highest BCUT2D eigenvalue weighted by atomic mass is 17.0. The van der Waals surface area contributed by atoms with Gasteiger partial charge in [-0.25, -0.2) is 0 Å². The van der Waals surface area contributed by atoms with Gasteiger partial charge >= 0.3 is 5.97 Å². The van der Waals surface area contributed by atoms with Crippen molar-refractivity contribution in [3.63, 3.8) is 0 Å². The maximum absolute atomic E-state index is 11.0. The van der Waals surface area contributed by atoms with Crippen LogP contribution < -0.4 is 0 Å². The highest BCUT2D eigenvalue weighted by Gasteiger charge is 2.44. The number of methoxy groups -OCH3 is 1. The monoisotopic (exact) mass is 233 g/mol. The van der Waals surface area contributed by atoms with E-state index in [1.165, 1.54) is 7.11 Å². The molecule has 7 heteroatoms. The van der Waals surface area contributed by atoms with E-state index in [0.717, 1.165) is 0 Å². The Morgan fingerprint density at radius 3 is 2.62 bits per heavy atom. The predicted octanol–water partition coefficient (Wildman–Crippen LogP) is 0.853. The van der Waals surface area contributed by atoms with E-state index < -0.39 is 28.7 Å². The van der Waals surface area contributed by atoms with Crippen molar-refractivity contribution in [1.29, 1.82) is 0 Å². The molecule has 92 valence electrons. The fourth-order valence-electron chi connectivity index (χ4n) is 2.00. The number of ether oxygens (including phenoxy) is 1. The van der Waals surface area contributed by atoms with Gasteiger partial charge in [-0.1, -0.05) is 0 Å². The van der Waals surface area contributed by atoms with E-state index in [1.54, 1.807) is 6.92 Å². The standard InChI is InChI=1S/C9H15NO6/c1-9(8(11)12)4-3-6(15-2)7(5-9)16-10(13)14/h6-7H,3-5H2,1-2H3,(H,11,12)/t6-,7-,9-/m0/s1. The van der Waals surface area contributed by atoms with Crippen LogP contribution in [0.15, 0.2) is 0 Å². The summed E-state index contributed by atoms with van der Waals surface area (Å²) in [5, 5.41) is 18.4. The smallest absolute Gasteiger partial charge is 0.309 e. The molecule has 3 atom stereocenters. The molecule has 1 rings (SSSR count). The Bertz CT molecular complexity index is 294. The third kappa shape index (κ3) is 2.60. The largest absolute Gasteiger partial charge is 0.481 e. The number of nitrogens with zero attached hydrogens (tertiary/aromatic N) is 1. The van der Waals surface area contributed by atoms with Crippen molar-refractivity contribution in [2.24, 2.45) is 5.41 Å². The van der Waals surface area contributed by atoms with E-state index in [9.17, 15) is 14.9 Å². The summed E-state index contributed by atoms with van der Waals surface area (Å²) < 4.78 is 5.06. The Morgan fingerprint density at radius 1 is 1.56 bits per heavy atom. The van der Waals surface area contributed by atoms with Crippen LogP contribution in [0.1, 0.15) is 26.2 Å². The first kappa shape index (κ1) is 12.7. The number of hydrogen-bond donors (Lipinski definition) is 1. The van der Waals surface area contributed by atoms with Gasteiger partial charge in [-0.2, -0.15) is 0 Å². The van der Waals surface area contributed by atoms with Crippen molar-refractivity contribution < 1.29 is 24.6 Å². The van der Waals surface area contributed by atoms with Crippen LogP contribution in [0.5, 0.6) is 0 Å². The molecule has 0 saturated heterocycles. The van der Waals surface area contributed by atoms with Gasteiger partial charge in [0, 0.05) is 7.11 Å². The maximum Gasteiger partial charge on any atom is 0.309 e. The molecule has 1 fully saturated rings. The Morgan fingerprint density at radius 2 is 2.19 bits per heavy atom.